The predicted molar refractivity (Wildman–Crippen MR) is 61.1 cm³/mol. The molecule has 1 aliphatic rings. The van der Waals surface area contributed by atoms with E-state index in [-0.39, 0.29) is 11.5 Å². The molecular weight excluding hydrogens is 315 g/mol. The van der Waals surface area contributed by atoms with E-state index in [9.17, 15) is 18.0 Å². The molecule has 0 radical (unpaired) electrons. The van der Waals surface area contributed by atoms with E-state index in [2.05, 4.69) is 26.4 Å². The number of nitrogens with zero attached hydrogens (tertiary/aromatic N) is 3. The van der Waals surface area contributed by atoms with Gasteiger partial charge < -0.3 is 0 Å². The summed E-state index contributed by atoms with van der Waals surface area (Å²) in [5.74, 6) is -0.349. The summed E-state index contributed by atoms with van der Waals surface area (Å²) in [6.45, 7) is 1.28. The number of anilines is 1. The van der Waals surface area contributed by atoms with Gasteiger partial charge in [0, 0.05) is 12.5 Å². The van der Waals surface area contributed by atoms with Crippen LogP contribution in [0.5, 0.6) is 0 Å². The molecule has 4 nitrogen and oxygen atoms in total. The summed E-state index contributed by atoms with van der Waals surface area (Å²) in [6, 6.07) is 5.42. The molecule has 0 aromatic heterocycles. The number of hydrogen-bond donors (Lipinski definition) is 0. The lowest BCUT2D eigenvalue weighted by molar-refractivity contribution is -0.166. The molecule has 0 atom stereocenters. The molecule has 0 unspecified atom stereocenters. The molecule has 0 bridgehead atoms. The van der Waals surface area contributed by atoms with Crippen LogP contribution in [0, 0.1) is 0 Å². The molecule has 96 valence electrons. The molecule has 0 saturated heterocycles. The van der Waals surface area contributed by atoms with Gasteiger partial charge in [0.15, 0.2) is 0 Å². The fraction of sp³-hybridized carbons (Fsp3) is 0.300. The van der Waals surface area contributed by atoms with Crippen LogP contribution in [0.25, 0.3) is 0 Å². The highest BCUT2D eigenvalue weighted by molar-refractivity contribution is 9.10. The van der Waals surface area contributed by atoms with Gasteiger partial charge in [0.25, 0.3) is 0 Å². The molecule has 1 amide bonds. The molecular formula is C10H7BrF3N3O. The van der Waals surface area contributed by atoms with Crippen molar-refractivity contribution in [1.29, 1.82) is 0 Å². The molecule has 0 fully saturated rings. The number of alkyl halides is 3. The molecule has 0 aliphatic carbocycles. The molecule has 2 rings (SSSR count). The highest BCUT2D eigenvalue weighted by atomic mass is 79.9. The first kappa shape index (κ1) is 13.0. The molecule has 18 heavy (non-hydrogen) atoms. The largest absolute Gasteiger partial charge is 0.442 e. The molecule has 8 heteroatoms. The zero-order valence-corrected chi connectivity index (χ0v) is 10.7. The third-order valence-corrected chi connectivity index (χ3v) is 3.36. The van der Waals surface area contributed by atoms with Gasteiger partial charge in [0.2, 0.25) is 5.91 Å². The Hall–Kier alpha value is -1.44. The highest BCUT2D eigenvalue weighted by Gasteiger charge is 2.65. The van der Waals surface area contributed by atoms with Gasteiger partial charge in [0.1, 0.15) is 0 Å². The van der Waals surface area contributed by atoms with Gasteiger partial charge in [-0.2, -0.15) is 13.2 Å². The van der Waals surface area contributed by atoms with E-state index in [1.54, 1.807) is 0 Å². The third-order valence-electron chi connectivity index (χ3n) is 2.45. The molecule has 0 spiro atoms. The van der Waals surface area contributed by atoms with Gasteiger partial charge in [-0.15, -0.1) is 10.2 Å². The fourth-order valence-corrected chi connectivity index (χ4v) is 1.69. The number of rotatable bonds is 2. The fourth-order valence-electron chi connectivity index (χ4n) is 1.47. The SMILES string of the molecule is CC(=O)N(Br)c1cccc(C2(C(F)(F)F)N=N2)c1. The summed E-state index contributed by atoms with van der Waals surface area (Å²) in [6.07, 6.45) is -4.57. The normalized spacial score (nSPS) is 16.5. The Bertz CT molecular complexity index is 523. The van der Waals surface area contributed by atoms with Crippen molar-refractivity contribution in [3.63, 3.8) is 0 Å². The Morgan fingerprint density at radius 3 is 2.44 bits per heavy atom. The van der Waals surface area contributed by atoms with Crippen molar-refractivity contribution in [2.75, 3.05) is 3.93 Å². The monoisotopic (exact) mass is 321 g/mol. The van der Waals surface area contributed by atoms with Crippen LogP contribution in [0.1, 0.15) is 12.5 Å². The van der Waals surface area contributed by atoms with Crippen LogP contribution in [0.2, 0.25) is 0 Å². The second kappa shape index (κ2) is 4.04. The Morgan fingerprint density at radius 2 is 2.00 bits per heavy atom. The first-order valence-corrected chi connectivity index (χ1v) is 5.57. The van der Waals surface area contributed by atoms with Gasteiger partial charge in [0.05, 0.1) is 21.8 Å². The Labute approximate surface area is 109 Å². The van der Waals surface area contributed by atoms with Crippen molar-refractivity contribution in [3.8, 4) is 0 Å². The van der Waals surface area contributed by atoms with Crippen LogP contribution < -0.4 is 3.93 Å². The van der Waals surface area contributed by atoms with Crippen LogP contribution in [-0.2, 0) is 10.5 Å². The van der Waals surface area contributed by atoms with Gasteiger partial charge in [-0.05, 0) is 12.1 Å². The zero-order valence-electron chi connectivity index (χ0n) is 9.07. The van der Waals surface area contributed by atoms with E-state index in [1.807, 2.05) is 0 Å². The molecule has 1 aliphatic heterocycles. The lowest BCUT2D eigenvalue weighted by Crippen LogP contribution is -2.30. The summed E-state index contributed by atoms with van der Waals surface area (Å²) in [5.41, 5.74) is -2.28. The summed E-state index contributed by atoms with van der Waals surface area (Å²) < 4.78 is 39.5. The first-order chi connectivity index (χ1) is 8.28. The molecule has 1 aromatic rings. The number of halogens is 4. The lowest BCUT2D eigenvalue weighted by atomic mass is 10.0. The van der Waals surface area contributed by atoms with Crippen LogP contribution in [0.3, 0.4) is 0 Å². The van der Waals surface area contributed by atoms with E-state index >= 15 is 0 Å². The van der Waals surface area contributed by atoms with Gasteiger partial charge in [-0.3, -0.25) is 4.79 Å². The predicted octanol–water partition coefficient (Wildman–Crippen LogP) is 3.53. The second-order valence-corrected chi connectivity index (χ2v) is 4.43. The van der Waals surface area contributed by atoms with Crippen molar-refractivity contribution in [1.82, 2.24) is 0 Å². The van der Waals surface area contributed by atoms with Crippen molar-refractivity contribution >= 4 is 27.7 Å². The quantitative estimate of drug-likeness (QED) is 0.768. The van der Waals surface area contributed by atoms with E-state index in [0.29, 0.717) is 5.69 Å². The number of carbonyl (C=O) groups is 1. The Morgan fingerprint density at radius 1 is 1.39 bits per heavy atom. The molecule has 0 saturated carbocycles. The minimum absolute atomic E-state index is 0.113. The van der Waals surface area contributed by atoms with E-state index < -0.39 is 11.8 Å². The molecule has 0 N–H and O–H groups in total. The van der Waals surface area contributed by atoms with Crippen LogP contribution in [0.15, 0.2) is 34.5 Å². The first-order valence-electron chi connectivity index (χ1n) is 4.86. The molecule has 1 aromatic carbocycles. The number of amides is 1. The maximum absolute atomic E-state index is 12.8. The molecule has 1 heterocycles. The van der Waals surface area contributed by atoms with Crippen LogP contribution in [0.4, 0.5) is 18.9 Å². The lowest BCUT2D eigenvalue weighted by Gasteiger charge is -2.17. The standard InChI is InChI=1S/C10H7BrF3N3O/c1-6(18)17(11)8-4-2-3-7(5-8)9(15-16-9)10(12,13)14/h2-5H,1H3. The van der Waals surface area contributed by atoms with E-state index in [4.69, 9.17) is 0 Å². The average Bonchev–Trinajstić information content (AvgIpc) is 3.08. The van der Waals surface area contributed by atoms with Crippen molar-refractivity contribution in [3.05, 3.63) is 29.8 Å². The Balaban J connectivity index is 2.37. The van der Waals surface area contributed by atoms with Crippen LogP contribution >= 0.6 is 16.1 Å². The van der Waals surface area contributed by atoms with Gasteiger partial charge in [-0.1, -0.05) is 12.1 Å². The minimum Gasteiger partial charge on any atom is -0.274 e. The topological polar surface area (TPSA) is 45.0 Å². The maximum atomic E-state index is 12.8. The van der Waals surface area contributed by atoms with E-state index in [1.165, 1.54) is 31.2 Å². The summed E-state index contributed by atoms with van der Waals surface area (Å²) >= 11 is 2.96. The van der Waals surface area contributed by atoms with E-state index in [0.717, 1.165) is 3.93 Å². The summed E-state index contributed by atoms with van der Waals surface area (Å²) in [5, 5.41) is 6.20. The van der Waals surface area contributed by atoms with Crippen molar-refractivity contribution in [2.45, 2.75) is 18.8 Å². The van der Waals surface area contributed by atoms with Crippen molar-refractivity contribution < 1.29 is 18.0 Å². The number of hydrogen-bond acceptors (Lipinski definition) is 3. The smallest absolute Gasteiger partial charge is 0.274 e. The van der Waals surface area contributed by atoms with Gasteiger partial charge >= 0.3 is 11.8 Å². The summed E-state index contributed by atoms with van der Waals surface area (Å²) in [7, 11) is 0. The minimum atomic E-state index is -4.57. The average molecular weight is 322 g/mol. The maximum Gasteiger partial charge on any atom is 0.442 e. The summed E-state index contributed by atoms with van der Waals surface area (Å²) in [4.78, 5) is 11.1. The third kappa shape index (κ3) is 2.00. The zero-order chi connectivity index (χ0) is 13.6. The van der Waals surface area contributed by atoms with Gasteiger partial charge in [-0.25, -0.2) is 3.93 Å². The number of benzene rings is 1. The second-order valence-electron chi connectivity index (χ2n) is 3.72. The Kier molecular flexibility index (Phi) is 2.92. The van der Waals surface area contributed by atoms with Crippen molar-refractivity contribution in [2.24, 2.45) is 10.2 Å². The number of carbonyl (C=O) groups excluding carboxylic acids is 1. The highest BCUT2D eigenvalue weighted by Crippen LogP contribution is 2.52. The van der Waals surface area contributed by atoms with Crippen LogP contribution in [-0.4, -0.2) is 12.1 Å².